The third kappa shape index (κ3) is 4.27. The van der Waals surface area contributed by atoms with Gasteiger partial charge < -0.3 is 15.4 Å². The second-order valence-electron chi connectivity index (χ2n) is 4.27. The lowest BCUT2D eigenvalue weighted by molar-refractivity contribution is 0.178. The number of hydrogen-bond donors (Lipinski definition) is 2. The molecule has 0 amide bonds. The third-order valence-corrected chi connectivity index (χ3v) is 2.83. The molecule has 0 aliphatic heterocycles. The van der Waals surface area contributed by atoms with Gasteiger partial charge in [-0.1, -0.05) is 11.6 Å². The SMILES string of the molecule is CCNc1cc(Nc2cc(Cl)ccc2F)nc(COC)n1. The van der Waals surface area contributed by atoms with E-state index in [-0.39, 0.29) is 12.3 Å². The molecule has 21 heavy (non-hydrogen) atoms. The molecule has 0 saturated heterocycles. The van der Waals surface area contributed by atoms with Gasteiger partial charge in [-0.25, -0.2) is 14.4 Å². The molecule has 0 radical (unpaired) electrons. The summed E-state index contributed by atoms with van der Waals surface area (Å²) in [4.78, 5) is 8.56. The van der Waals surface area contributed by atoms with Crippen molar-refractivity contribution in [3.05, 3.63) is 40.9 Å². The van der Waals surface area contributed by atoms with E-state index >= 15 is 0 Å². The molecular formula is C14H16ClFN4O. The van der Waals surface area contributed by atoms with E-state index in [0.29, 0.717) is 29.0 Å². The number of hydrogen-bond acceptors (Lipinski definition) is 5. The summed E-state index contributed by atoms with van der Waals surface area (Å²) >= 11 is 5.87. The van der Waals surface area contributed by atoms with Crippen LogP contribution < -0.4 is 10.6 Å². The van der Waals surface area contributed by atoms with Crippen molar-refractivity contribution in [2.75, 3.05) is 24.3 Å². The van der Waals surface area contributed by atoms with Crippen LogP contribution in [0.1, 0.15) is 12.7 Å². The Hall–Kier alpha value is -1.92. The Morgan fingerprint density at radius 1 is 1.24 bits per heavy atom. The summed E-state index contributed by atoms with van der Waals surface area (Å²) in [6, 6.07) is 5.99. The van der Waals surface area contributed by atoms with Gasteiger partial charge in [0.05, 0.1) is 5.69 Å². The minimum Gasteiger partial charge on any atom is -0.377 e. The number of aromatic nitrogens is 2. The smallest absolute Gasteiger partial charge is 0.158 e. The summed E-state index contributed by atoms with van der Waals surface area (Å²) in [7, 11) is 1.56. The van der Waals surface area contributed by atoms with Crippen molar-refractivity contribution in [1.29, 1.82) is 0 Å². The number of benzene rings is 1. The van der Waals surface area contributed by atoms with Gasteiger partial charge >= 0.3 is 0 Å². The molecule has 2 aromatic rings. The summed E-state index contributed by atoms with van der Waals surface area (Å²) in [5.74, 6) is 1.20. The van der Waals surface area contributed by atoms with Crippen LogP contribution in [0.4, 0.5) is 21.7 Å². The fourth-order valence-corrected chi connectivity index (χ4v) is 1.93. The lowest BCUT2D eigenvalue weighted by Gasteiger charge is -2.11. The minimum atomic E-state index is -0.406. The monoisotopic (exact) mass is 310 g/mol. The summed E-state index contributed by atoms with van der Waals surface area (Å²) in [5, 5.41) is 6.44. The van der Waals surface area contributed by atoms with E-state index in [9.17, 15) is 4.39 Å². The molecule has 1 aromatic heterocycles. The quantitative estimate of drug-likeness (QED) is 0.854. The van der Waals surface area contributed by atoms with Gasteiger partial charge in [0.1, 0.15) is 24.1 Å². The van der Waals surface area contributed by atoms with Crippen molar-refractivity contribution in [2.45, 2.75) is 13.5 Å². The molecule has 0 aliphatic carbocycles. The van der Waals surface area contributed by atoms with E-state index in [0.717, 1.165) is 0 Å². The molecule has 0 bridgehead atoms. The first-order chi connectivity index (χ1) is 10.1. The van der Waals surface area contributed by atoms with Crippen molar-refractivity contribution in [3.8, 4) is 0 Å². The first-order valence-electron chi connectivity index (χ1n) is 6.45. The van der Waals surface area contributed by atoms with Gasteiger partial charge in [0.15, 0.2) is 5.82 Å². The highest BCUT2D eigenvalue weighted by atomic mass is 35.5. The van der Waals surface area contributed by atoms with Crippen molar-refractivity contribution in [3.63, 3.8) is 0 Å². The molecule has 0 atom stereocenters. The Labute approximate surface area is 127 Å². The third-order valence-electron chi connectivity index (χ3n) is 2.59. The Morgan fingerprint density at radius 2 is 2.00 bits per heavy atom. The van der Waals surface area contributed by atoms with Gasteiger partial charge in [-0.3, -0.25) is 0 Å². The van der Waals surface area contributed by atoms with Gasteiger partial charge in [-0.2, -0.15) is 0 Å². The Kier molecular flexibility index (Phi) is 5.30. The predicted molar refractivity (Wildman–Crippen MR) is 81.6 cm³/mol. The molecule has 2 rings (SSSR count). The summed E-state index contributed by atoms with van der Waals surface area (Å²) < 4.78 is 18.8. The zero-order chi connectivity index (χ0) is 15.2. The highest BCUT2D eigenvalue weighted by Gasteiger charge is 2.08. The van der Waals surface area contributed by atoms with E-state index in [1.54, 1.807) is 13.2 Å². The van der Waals surface area contributed by atoms with E-state index in [1.807, 2.05) is 6.92 Å². The maximum Gasteiger partial charge on any atom is 0.158 e. The normalized spacial score (nSPS) is 10.5. The van der Waals surface area contributed by atoms with Crippen molar-refractivity contribution >= 4 is 28.9 Å². The van der Waals surface area contributed by atoms with Crippen LogP contribution in [-0.4, -0.2) is 23.6 Å². The van der Waals surface area contributed by atoms with E-state index in [4.69, 9.17) is 16.3 Å². The average molecular weight is 311 g/mol. The largest absolute Gasteiger partial charge is 0.377 e. The molecule has 112 valence electrons. The standard InChI is InChI=1S/C14H16ClFN4O/c1-3-17-12-7-13(20-14(19-12)8-21-2)18-11-6-9(15)4-5-10(11)16/h4-7H,3,8H2,1-2H3,(H2,17,18,19,20). The van der Waals surface area contributed by atoms with Crippen LogP contribution in [0.2, 0.25) is 5.02 Å². The molecule has 1 heterocycles. The Balaban J connectivity index is 2.31. The first-order valence-corrected chi connectivity index (χ1v) is 6.83. The number of rotatable bonds is 6. The van der Waals surface area contributed by atoms with Gasteiger partial charge in [0.2, 0.25) is 0 Å². The van der Waals surface area contributed by atoms with Crippen molar-refractivity contribution < 1.29 is 9.13 Å². The zero-order valence-electron chi connectivity index (χ0n) is 11.8. The number of nitrogens with zero attached hydrogens (tertiary/aromatic N) is 2. The zero-order valence-corrected chi connectivity index (χ0v) is 12.5. The molecule has 0 saturated carbocycles. The van der Waals surface area contributed by atoms with Gasteiger partial charge in [-0.05, 0) is 25.1 Å². The van der Waals surface area contributed by atoms with E-state index in [1.165, 1.54) is 18.2 Å². The summed E-state index contributed by atoms with van der Waals surface area (Å²) in [6.45, 7) is 2.95. The second kappa shape index (κ2) is 7.19. The summed E-state index contributed by atoms with van der Waals surface area (Å²) in [5.41, 5.74) is 0.256. The second-order valence-corrected chi connectivity index (χ2v) is 4.70. The molecule has 0 fully saturated rings. The fraction of sp³-hybridized carbons (Fsp3) is 0.286. The van der Waals surface area contributed by atoms with Gasteiger partial charge in [0.25, 0.3) is 0 Å². The molecule has 0 spiro atoms. The van der Waals surface area contributed by atoms with Crippen molar-refractivity contribution in [2.24, 2.45) is 0 Å². The van der Waals surface area contributed by atoms with E-state index < -0.39 is 5.82 Å². The predicted octanol–water partition coefficient (Wildman–Crippen LogP) is 3.59. The van der Waals surface area contributed by atoms with Crippen LogP contribution in [0.15, 0.2) is 24.3 Å². The van der Waals surface area contributed by atoms with Crippen LogP contribution in [0.3, 0.4) is 0 Å². The molecule has 5 nitrogen and oxygen atoms in total. The van der Waals surface area contributed by atoms with Crippen LogP contribution in [-0.2, 0) is 11.3 Å². The molecule has 0 aliphatic rings. The van der Waals surface area contributed by atoms with Crippen LogP contribution in [0, 0.1) is 5.82 Å². The molecule has 7 heteroatoms. The van der Waals surface area contributed by atoms with Crippen LogP contribution in [0.5, 0.6) is 0 Å². The Morgan fingerprint density at radius 3 is 2.71 bits per heavy atom. The number of halogens is 2. The van der Waals surface area contributed by atoms with Crippen molar-refractivity contribution in [1.82, 2.24) is 9.97 Å². The van der Waals surface area contributed by atoms with Gasteiger partial charge in [0, 0.05) is 24.7 Å². The number of nitrogens with one attached hydrogen (secondary N) is 2. The molecule has 2 N–H and O–H groups in total. The fourth-order valence-electron chi connectivity index (χ4n) is 1.76. The summed E-state index contributed by atoms with van der Waals surface area (Å²) in [6.07, 6.45) is 0. The minimum absolute atomic E-state index is 0.256. The number of anilines is 3. The molecule has 1 aromatic carbocycles. The Bertz CT molecular complexity index is 600. The maximum absolute atomic E-state index is 13.7. The van der Waals surface area contributed by atoms with Crippen LogP contribution in [0.25, 0.3) is 0 Å². The topological polar surface area (TPSA) is 59.1 Å². The van der Waals surface area contributed by atoms with E-state index in [2.05, 4.69) is 20.6 Å². The molecule has 0 unspecified atom stereocenters. The first kappa shape index (κ1) is 15.5. The maximum atomic E-state index is 13.7. The highest BCUT2D eigenvalue weighted by molar-refractivity contribution is 6.30. The van der Waals surface area contributed by atoms with Gasteiger partial charge in [-0.15, -0.1) is 0 Å². The molecular weight excluding hydrogens is 295 g/mol. The highest BCUT2D eigenvalue weighted by Crippen LogP contribution is 2.23. The number of methoxy groups -OCH3 is 1. The van der Waals surface area contributed by atoms with Crippen LogP contribution >= 0.6 is 11.6 Å². The lowest BCUT2D eigenvalue weighted by Crippen LogP contribution is -2.07. The number of ether oxygens (including phenoxy) is 1. The average Bonchev–Trinajstić information content (AvgIpc) is 2.43. The lowest BCUT2D eigenvalue weighted by atomic mass is 10.3.